The summed E-state index contributed by atoms with van der Waals surface area (Å²) in [5.41, 5.74) is 1.02. The summed E-state index contributed by atoms with van der Waals surface area (Å²) in [6.07, 6.45) is 3.77. The average Bonchev–Trinajstić information content (AvgIpc) is 3.12. The highest BCUT2D eigenvalue weighted by atomic mass is 32.2. The fourth-order valence-corrected chi connectivity index (χ4v) is 4.87. The molecule has 1 unspecified atom stereocenters. The molecule has 2 aromatic rings. The topological polar surface area (TPSA) is 45.2 Å². The smallest absolute Gasteiger partial charge is 0.230 e. The lowest BCUT2D eigenvalue weighted by Crippen LogP contribution is -2.38. The van der Waals surface area contributed by atoms with Crippen LogP contribution in [-0.2, 0) is 4.79 Å². The van der Waals surface area contributed by atoms with Crippen LogP contribution in [0.5, 0.6) is 0 Å². The molecule has 2 aliphatic rings. The minimum absolute atomic E-state index is 0.131. The lowest BCUT2D eigenvalue weighted by atomic mass is 10.2. The van der Waals surface area contributed by atoms with E-state index in [0.29, 0.717) is 11.8 Å². The zero-order chi connectivity index (χ0) is 14.9. The van der Waals surface area contributed by atoms with Gasteiger partial charge in [-0.05, 0) is 31.4 Å². The number of benzene rings is 1. The molecule has 1 amide bonds. The van der Waals surface area contributed by atoms with E-state index in [0.717, 1.165) is 35.4 Å². The van der Waals surface area contributed by atoms with E-state index >= 15 is 0 Å². The predicted molar refractivity (Wildman–Crippen MR) is 91.5 cm³/mol. The number of nitrogens with zero attached hydrogens (tertiary/aromatic N) is 2. The van der Waals surface area contributed by atoms with Crippen LogP contribution in [0.1, 0.15) is 19.3 Å². The van der Waals surface area contributed by atoms with Crippen LogP contribution in [0.3, 0.4) is 0 Å². The summed E-state index contributed by atoms with van der Waals surface area (Å²) in [6, 6.07) is 9.24. The van der Waals surface area contributed by atoms with Gasteiger partial charge in [-0.3, -0.25) is 9.69 Å². The molecule has 2 fully saturated rings. The second kappa shape index (κ2) is 6.18. The number of aromatic nitrogens is 1. The van der Waals surface area contributed by atoms with Crippen molar-refractivity contribution in [2.24, 2.45) is 0 Å². The molecule has 1 aliphatic carbocycles. The van der Waals surface area contributed by atoms with E-state index in [4.69, 9.17) is 0 Å². The van der Waals surface area contributed by atoms with E-state index in [9.17, 15) is 4.79 Å². The first-order chi connectivity index (χ1) is 10.8. The molecule has 22 heavy (non-hydrogen) atoms. The molecule has 0 bridgehead atoms. The zero-order valence-electron chi connectivity index (χ0n) is 12.3. The van der Waals surface area contributed by atoms with Crippen LogP contribution in [0.15, 0.2) is 28.6 Å². The fraction of sp³-hybridized carbons (Fsp3) is 0.500. The van der Waals surface area contributed by atoms with Gasteiger partial charge in [0, 0.05) is 25.2 Å². The summed E-state index contributed by atoms with van der Waals surface area (Å²) in [6.45, 7) is 2.17. The highest BCUT2D eigenvalue weighted by molar-refractivity contribution is 8.01. The second-order valence-corrected chi connectivity index (χ2v) is 8.27. The van der Waals surface area contributed by atoms with Gasteiger partial charge in [-0.2, -0.15) is 0 Å². The quantitative estimate of drug-likeness (QED) is 0.855. The summed E-state index contributed by atoms with van der Waals surface area (Å²) in [5.74, 6) is 0.589. The SMILES string of the molecule is O=C(CSc1nc2ccccc2s1)NC1CCN(C2CC2)C1. The molecule has 4 nitrogen and oxygen atoms in total. The van der Waals surface area contributed by atoms with Gasteiger partial charge >= 0.3 is 0 Å². The number of thiazole rings is 1. The van der Waals surface area contributed by atoms with Gasteiger partial charge in [0.05, 0.1) is 16.0 Å². The van der Waals surface area contributed by atoms with Crippen LogP contribution >= 0.6 is 23.1 Å². The predicted octanol–water partition coefficient (Wildman–Crippen LogP) is 2.74. The maximum absolute atomic E-state index is 12.1. The van der Waals surface area contributed by atoms with Gasteiger partial charge in [0.2, 0.25) is 5.91 Å². The van der Waals surface area contributed by atoms with Crippen molar-refractivity contribution >= 4 is 39.2 Å². The zero-order valence-corrected chi connectivity index (χ0v) is 14.0. The van der Waals surface area contributed by atoms with Gasteiger partial charge in [-0.25, -0.2) is 4.98 Å². The minimum Gasteiger partial charge on any atom is -0.351 e. The van der Waals surface area contributed by atoms with Crippen LogP contribution in [-0.4, -0.2) is 46.7 Å². The van der Waals surface area contributed by atoms with Gasteiger partial charge in [0.25, 0.3) is 0 Å². The first kappa shape index (κ1) is 14.5. The Labute approximate surface area is 138 Å². The van der Waals surface area contributed by atoms with Gasteiger partial charge < -0.3 is 5.32 Å². The number of hydrogen-bond donors (Lipinski definition) is 1. The van der Waals surface area contributed by atoms with E-state index in [-0.39, 0.29) is 5.91 Å². The first-order valence-corrected chi connectivity index (χ1v) is 9.60. The summed E-state index contributed by atoms with van der Waals surface area (Å²) in [5, 5.41) is 3.17. The molecule has 1 aromatic heterocycles. The lowest BCUT2D eigenvalue weighted by molar-refractivity contribution is -0.119. The Morgan fingerprint density at radius 2 is 2.23 bits per heavy atom. The monoisotopic (exact) mass is 333 g/mol. The van der Waals surface area contributed by atoms with E-state index in [1.807, 2.05) is 18.2 Å². The molecule has 1 N–H and O–H groups in total. The van der Waals surface area contributed by atoms with E-state index in [2.05, 4.69) is 21.3 Å². The van der Waals surface area contributed by atoms with E-state index < -0.39 is 0 Å². The van der Waals surface area contributed by atoms with E-state index in [1.165, 1.54) is 29.3 Å². The van der Waals surface area contributed by atoms with Crippen molar-refractivity contribution in [1.29, 1.82) is 0 Å². The van der Waals surface area contributed by atoms with Crippen molar-refractivity contribution < 1.29 is 4.79 Å². The van der Waals surface area contributed by atoms with Crippen molar-refractivity contribution in [3.8, 4) is 0 Å². The molecule has 1 saturated carbocycles. The molecule has 116 valence electrons. The molecule has 1 aromatic carbocycles. The van der Waals surface area contributed by atoms with Crippen molar-refractivity contribution in [3.05, 3.63) is 24.3 Å². The van der Waals surface area contributed by atoms with Crippen LogP contribution < -0.4 is 5.32 Å². The molecule has 0 radical (unpaired) electrons. The summed E-state index contributed by atoms with van der Waals surface area (Å²) in [4.78, 5) is 19.2. The summed E-state index contributed by atoms with van der Waals surface area (Å²) >= 11 is 3.20. The molecule has 4 rings (SSSR count). The Morgan fingerprint density at radius 3 is 3.05 bits per heavy atom. The maximum Gasteiger partial charge on any atom is 0.230 e. The Balaban J connectivity index is 1.27. The van der Waals surface area contributed by atoms with Crippen LogP contribution in [0.2, 0.25) is 0 Å². The van der Waals surface area contributed by atoms with Crippen LogP contribution in [0, 0.1) is 0 Å². The van der Waals surface area contributed by atoms with Crippen LogP contribution in [0.25, 0.3) is 10.2 Å². The molecule has 0 spiro atoms. The number of thioether (sulfide) groups is 1. The van der Waals surface area contributed by atoms with E-state index in [1.54, 1.807) is 11.3 Å². The molecule has 2 heterocycles. The van der Waals surface area contributed by atoms with Crippen molar-refractivity contribution in [2.45, 2.75) is 35.7 Å². The molecule has 1 atom stereocenters. The third-order valence-corrected chi connectivity index (χ3v) is 6.43. The number of fused-ring (bicyclic) bond motifs is 1. The Kier molecular flexibility index (Phi) is 4.07. The number of carbonyl (C=O) groups excluding carboxylic acids is 1. The summed E-state index contributed by atoms with van der Waals surface area (Å²) in [7, 11) is 0. The van der Waals surface area contributed by atoms with Gasteiger partial charge in [-0.15, -0.1) is 11.3 Å². The number of nitrogens with one attached hydrogen (secondary N) is 1. The van der Waals surface area contributed by atoms with Crippen molar-refractivity contribution in [1.82, 2.24) is 15.2 Å². The molecular weight excluding hydrogens is 314 g/mol. The Bertz CT molecular complexity index is 650. The highest BCUT2D eigenvalue weighted by Gasteiger charge is 2.34. The number of amides is 1. The van der Waals surface area contributed by atoms with Crippen molar-refractivity contribution in [3.63, 3.8) is 0 Å². The van der Waals surface area contributed by atoms with Gasteiger partial charge in [0.15, 0.2) is 4.34 Å². The third-order valence-electron chi connectivity index (χ3n) is 4.25. The number of carbonyl (C=O) groups is 1. The first-order valence-electron chi connectivity index (χ1n) is 7.80. The largest absolute Gasteiger partial charge is 0.351 e. The number of para-hydroxylation sites is 1. The van der Waals surface area contributed by atoms with Gasteiger partial charge in [0.1, 0.15) is 0 Å². The minimum atomic E-state index is 0.131. The average molecular weight is 333 g/mol. The molecule has 6 heteroatoms. The number of likely N-dealkylation sites (tertiary alicyclic amines) is 1. The third kappa shape index (κ3) is 3.29. The summed E-state index contributed by atoms with van der Waals surface area (Å²) < 4.78 is 2.16. The molecule has 1 saturated heterocycles. The van der Waals surface area contributed by atoms with Crippen molar-refractivity contribution in [2.75, 3.05) is 18.8 Å². The second-order valence-electron chi connectivity index (χ2n) is 6.02. The standard InChI is InChI=1S/C16H19N3OS2/c20-15(17-11-7-8-19(9-11)12-5-6-12)10-21-16-18-13-3-1-2-4-14(13)22-16/h1-4,11-12H,5-10H2,(H,17,20). The normalized spacial score (nSPS) is 22.3. The Morgan fingerprint density at radius 1 is 1.36 bits per heavy atom. The lowest BCUT2D eigenvalue weighted by Gasteiger charge is -2.15. The number of rotatable bonds is 5. The molecular formula is C16H19N3OS2. The fourth-order valence-electron chi connectivity index (χ4n) is 2.99. The van der Waals surface area contributed by atoms with Gasteiger partial charge in [-0.1, -0.05) is 23.9 Å². The maximum atomic E-state index is 12.1. The molecule has 1 aliphatic heterocycles. The number of hydrogen-bond acceptors (Lipinski definition) is 5. The Hall–Kier alpha value is -1.11. The highest BCUT2D eigenvalue weighted by Crippen LogP contribution is 2.30. The van der Waals surface area contributed by atoms with Crippen LogP contribution in [0.4, 0.5) is 0 Å².